The Hall–Kier alpha value is -2.80. The number of β-amino-alcohol motifs (C(OH)–C–C–N with tert-alkyl or cyclic N) is 1. The number of fused-ring (bicyclic) bond motifs is 1. The molecule has 1 aromatic carbocycles. The van der Waals surface area contributed by atoms with Gasteiger partial charge in [-0.25, -0.2) is 22.6 Å². The summed E-state index contributed by atoms with van der Waals surface area (Å²) in [6.45, 7) is 7.58. The zero-order chi connectivity index (χ0) is 24.5. The van der Waals surface area contributed by atoms with Crippen molar-refractivity contribution >= 4 is 15.5 Å². The van der Waals surface area contributed by atoms with Crippen LogP contribution in [0.3, 0.4) is 0 Å². The van der Waals surface area contributed by atoms with Gasteiger partial charge in [0.05, 0.1) is 29.4 Å². The highest BCUT2D eigenvalue weighted by molar-refractivity contribution is 7.89. The number of aromatic amines is 1. The summed E-state index contributed by atoms with van der Waals surface area (Å²) in [5.41, 5.74) is 0.968. The van der Waals surface area contributed by atoms with Crippen LogP contribution in [0.1, 0.15) is 31.8 Å². The first-order valence-corrected chi connectivity index (χ1v) is 12.9. The van der Waals surface area contributed by atoms with Crippen LogP contribution < -0.4 is 15.0 Å². The number of hydrogen-bond donors (Lipinski definition) is 3. The molecule has 1 aliphatic rings. The topological polar surface area (TPSA) is 142 Å². The highest BCUT2D eigenvalue weighted by Gasteiger charge is 2.31. The molecule has 1 saturated heterocycles. The molecule has 3 heterocycles. The third-order valence-electron chi connectivity index (χ3n) is 5.73. The number of ether oxygens (including phenoxy) is 1. The predicted octanol–water partition coefficient (Wildman–Crippen LogP) is 0.699. The number of benzene rings is 1. The number of nitrogens with zero attached hydrogens (tertiary/aromatic N) is 4. The zero-order valence-corrected chi connectivity index (χ0v) is 20.4. The Bertz CT molecular complexity index is 1340. The molecular weight excluding hydrogens is 460 g/mol. The summed E-state index contributed by atoms with van der Waals surface area (Å²) in [6.07, 6.45) is 1.49. The van der Waals surface area contributed by atoms with Gasteiger partial charge in [-0.2, -0.15) is 0 Å². The fraction of sp³-hybridized carbons (Fsp3) is 0.500. The summed E-state index contributed by atoms with van der Waals surface area (Å²) in [6, 6.07) is 4.28. The van der Waals surface area contributed by atoms with E-state index >= 15 is 0 Å². The zero-order valence-electron chi connectivity index (χ0n) is 19.5. The second kappa shape index (κ2) is 9.82. The van der Waals surface area contributed by atoms with Crippen LogP contribution in [0.2, 0.25) is 0 Å². The lowest BCUT2D eigenvalue weighted by Crippen LogP contribution is -2.59. The average Bonchev–Trinajstić information content (AvgIpc) is 3.08. The molecule has 1 aliphatic heterocycles. The summed E-state index contributed by atoms with van der Waals surface area (Å²) >= 11 is 0. The van der Waals surface area contributed by atoms with Gasteiger partial charge in [-0.05, 0) is 38.5 Å². The normalized spacial score (nSPS) is 15.1. The molecule has 34 heavy (non-hydrogen) atoms. The van der Waals surface area contributed by atoms with E-state index in [4.69, 9.17) is 9.84 Å². The van der Waals surface area contributed by atoms with Crippen molar-refractivity contribution in [1.82, 2.24) is 29.2 Å². The smallest absolute Gasteiger partial charge is 0.277 e. The monoisotopic (exact) mass is 490 g/mol. The molecular formula is C22H30N6O5S. The van der Waals surface area contributed by atoms with Crippen LogP contribution in [0.25, 0.3) is 16.9 Å². The number of hydrogen-bond acceptors (Lipinski definition) is 8. The molecule has 3 N–H and O–H groups in total. The number of sulfonamides is 1. The fourth-order valence-electron chi connectivity index (χ4n) is 4.14. The van der Waals surface area contributed by atoms with Crippen LogP contribution >= 0.6 is 0 Å². The van der Waals surface area contributed by atoms with Crippen molar-refractivity contribution in [1.29, 1.82) is 0 Å². The first-order valence-electron chi connectivity index (χ1n) is 11.4. The summed E-state index contributed by atoms with van der Waals surface area (Å²) in [5, 5.41) is 13.6. The fourth-order valence-corrected chi connectivity index (χ4v) is 5.39. The van der Waals surface area contributed by atoms with E-state index in [9.17, 15) is 13.2 Å². The first-order chi connectivity index (χ1) is 16.3. The molecule has 0 radical (unpaired) electrons. The van der Waals surface area contributed by atoms with E-state index in [1.165, 1.54) is 16.6 Å². The van der Waals surface area contributed by atoms with Crippen LogP contribution in [0, 0.1) is 6.92 Å². The third kappa shape index (κ3) is 4.71. The van der Waals surface area contributed by atoms with Crippen molar-refractivity contribution in [2.45, 2.75) is 44.6 Å². The van der Waals surface area contributed by atoms with E-state index in [-0.39, 0.29) is 28.9 Å². The van der Waals surface area contributed by atoms with Crippen LogP contribution in [0.15, 0.2) is 27.9 Å². The van der Waals surface area contributed by atoms with Crippen LogP contribution in [-0.2, 0) is 16.4 Å². The molecule has 0 aliphatic carbocycles. The Kier molecular flexibility index (Phi) is 7.03. The first kappa shape index (κ1) is 24.3. The van der Waals surface area contributed by atoms with E-state index in [0.717, 1.165) is 6.42 Å². The van der Waals surface area contributed by atoms with Crippen LogP contribution in [0.4, 0.5) is 0 Å². The Morgan fingerprint density at radius 2 is 2.06 bits per heavy atom. The maximum absolute atomic E-state index is 13.0. The van der Waals surface area contributed by atoms with Crippen molar-refractivity contribution in [3.8, 4) is 17.1 Å². The number of aliphatic hydroxyl groups excluding tert-OH is 1. The lowest BCUT2D eigenvalue weighted by atomic mass is 10.1. The van der Waals surface area contributed by atoms with Gasteiger partial charge >= 0.3 is 0 Å². The van der Waals surface area contributed by atoms with E-state index < -0.39 is 10.0 Å². The molecule has 1 fully saturated rings. The highest BCUT2D eigenvalue weighted by Crippen LogP contribution is 2.30. The van der Waals surface area contributed by atoms with Gasteiger partial charge < -0.3 is 14.8 Å². The SMILES string of the molecule is CCCc1nc(C)c2c(=O)[nH]c(-c3cc(S(=O)(=O)NC4CN(CCO)C4)ccc3OCC)nn12. The Balaban J connectivity index is 1.74. The molecule has 0 spiro atoms. The van der Waals surface area contributed by atoms with Crippen LogP contribution in [-0.4, -0.2) is 76.9 Å². The number of aryl methyl sites for hydroxylation is 2. The number of aromatic nitrogens is 4. The number of aliphatic hydroxyl groups is 1. The molecule has 11 nitrogen and oxygen atoms in total. The van der Waals surface area contributed by atoms with Crippen molar-refractivity contribution in [2.75, 3.05) is 32.8 Å². The predicted molar refractivity (Wildman–Crippen MR) is 127 cm³/mol. The molecule has 3 aromatic rings. The minimum absolute atomic E-state index is 0.0354. The number of imidazole rings is 1. The van der Waals surface area contributed by atoms with Crippen molar-refractivity contribution in [3.05, 3.63) is 40.1 Å². The van der Waals surface area contributed by atoms with Gasteiger partial charge in [-0.15, -0.1) is 5.10 Å². The Morgan fingerprint density at radius 1 is 1.29 bits per heavy atom. The van der Waals surface area contributed by atoms with Gasteiger partial charge in [-0.1, -0.05) is 6.92 Å². The minimum atomic E-state index is -3.82. The van der Waals surface area contributed by atoms with Gasteiger partial charge in [0.1, 0.15) is 11.6 Å². The summed E-state index contributed by atoms with van der Waals surface area (Å²) in [4.78, 5) is 22.1. The van der Waals surface area contributed by atoms with E-state index in [1.54, 1.807) is 13.0 Å². The average molecular weight is 491 g/mol. The Labute approximate surface area is 197 Å². The van der Waals surface area contributed by atoms with Crippen molar-refractivity contribution in [3.63, 3.8) is 0 Å². The van der Waals surface area contributed by atoms with E-state index in [0.29, 0.717) is 61.0 Å². The standard InChI is InChI=1S/C22H30N6O5S/c1-4-6-19-23-14(3)20-22(30)24-21(25-28(19)20)17-11-16(7-8-18(17)33-5-2)34(31,32)26-15-12-27(13-15)9-10-29/h7-8,11,15,26,29H,4-6,9-10,12-13H2,1-3H3,(H,24,25,30). The van der Waals surface area contributed by atoms with Gasteiger partial charge in [0, 0.05) is 32.1 Å². The molecule has 12 heteroatoms. The molecule has 0 amide bonds. The second-order valence-electron chi connectivity index (χ2n) is 8.32. The van der Waals surface area contributed by atoms with E-state index in [2.05, 4.69) is 19.8 Å². The minimum Gasteiger partial charge on any atom is -0.493 e. The summed E-state index contributed by atoms with van der Waals surface area (Å²) < 4.78 is 36.0. The van der Waals surface area contributed by atoms with Crippen LogP contribution in [0.5, 0.6) is 5.75 Å². The molecule has 184 valence electrons. The van der Waals surface area contributed by atoms with Gasteiger partial charge in [-0.3, -0.25) is 9.69 Å². The summed E-state index contributed by atoms with van der Waals surface area (Å²) in [5.74, 6) is 1.28. The largest absolute Gasteiger partial charge is 0.493 e. The van der Waals surface area contributed by atoms with Gasteiger partial charge in [0.25, 0.3) is 5.56 Å². The Morgan fingerprint density at radius 3 is 2.74 bits per heavy atom. The van der Waals surface area contributed by atoms with Crippen molar-refractivity contribution in [2.24, 2.45) is 0 Å². The molecule has 2 aromatic heterocycles. The second-order valence-corrected chi connectivity index (χ2v) is 10.0. The lowest BCUT2D eigenvalue weighted by Gasteiger charge is -2.38. The van der Waals surface area contributed by atoms with Gasteiger partial charge in [0.2, 0.25) is 10.0 Å². The maximum atomic E-state index is 13.0. The molecule has 0 unspecified atom stereocenters. The lowest BCUT2D eigenvalue weighted by molar-refractivity contribution is 0.111. The van der Waals surface area contributed by atoms with Crippen molar-refractivity contribution < 1.29 is 18.3 Å². The quantitative estimate of drug-likeness (QED) is 0.377. The number of H-pyrrole nitrogens is 1. The van der Waals surface area contributed by atoms with Gasteiger partial charge in [0.15, 0.2) is 11.3 Å². The molecule has 0 atom stereocenters. The number of nitrogens with one attached hydrogen (secondary N) is 2. The summed E-state index contributed by atoms with van der Waals surface area (Å²) in [7, 11) is -3.82. The van der Waals surface area contributed by atoms with E-state index in [1.807, 2.05) is 18.7 Å². The molecule has 0 saturated carbocycles. The molecule has 4 rings (SSSR count). The number of likely N-dealkylation sites (tertiary alicyclic amines) is 1. The third-order valence-corrected chi connectivity index (χ3v) is 7.25. The molecule has 0 bridgehead atoms. The maximum Gasteiger partial charge on any atom is 0.277 e. The highest BCUT2D eigenvalue weighted by atomic mass is 32.2. The number of rotatable bonds is 10.